The first-order valence-corrected chi connectivity index (χ1v) is 6.90. The Morgan fingerprint density at radius 1 is 1.26 bits per heavy atom. The third-order valence-corrected chi connectivity index (χ3v) is 3.62. The van der Waals surface area contributed by atoms with E-state index in [9.17, 15) is 0 Å². The first kappa shape index (κ1) is 15.5. The van der Waals surface area contributed by atoms with Gasteiger partial charge in [-0.1, -0.05) is 13.0 Å². The van der Waals surface area contributed by atoms with Crippen LogP contribution < -0.4 is 10.6 Å². The standard InChI is InChI=1S/C16H25N3/c1-5-16(18,12-17)7-6-8-19(4)15-10-13(2)9-14(3)11-15/h9-11H,5-8,18H2,1-4H3. The van der Waals surface area contributed by atoms with E-state index in [1.54, 1.807) is 0 Å². The molecule has 0 aliphatic carbocycles. The predicted octanol–water partition coefficient (Wildman–Crippen LogP) is 3.15. The molecular weight excluding hydrogens is 234 g/mol. The SMILES string of the molecule is CCC(N)(C#N)CCCN(C)c1cc(C)cc(C)c1. The number of rotatable bonds is 6. The van der Waals surface area contributed by atoms with Gasteiger partial charge in [0.1, 0.15) is 5.54 Å². The van der Waals surface area contributed by atoms with Crippen LogP contribution in [0.1, 0.15) is 37.3 Å². The van der Waals surface area contributed by atoms with Gasteiger partial charge in [0.15, 0.2) is 0 Å². The average Bonchev–Trinajstić information content (AvgIpc) is 2.37. The molecule has 104 valence electrons. The Hall–Kier alpha value is -1.53. The minimum atomic E-state index is -0.663. The summed E-state index contributed by atoms with van der Waals surface area (Å²) in [4.78, 5) is 2.23. The monoisotopic (exact) mass is 259 g/mol. The van der Waals surface area contributed by atoms with Gasteiger partial charge >= 0.3 is 0 Å². The molecule has 0 bridgehead atoms. The molecule has 1 rings (SSSR count). The second kappa shape index (κ2) is 6.58. The van der Waals surface area contributed by atoms with Crippen molar-refractivity contribution in [2.24, 2.45) is 5.73 Å². The number of aryl methyl sites for hydroxylation is 2. The number of nitrogens with two attached hydrogens (primary N) is 1. The molecule has 0 radical (unpaired) electrons. The molecule has 0 aliphatic heterocycles. The Balaban J connectivity index is 2.56. The predicted molar refractivity (Wildman–Crippen MR) is 81.2 cm³/mol. The van der Waals surface area contributed by atoms with Crippen LogP contribution in [0.25, 0.3) is 0 Å². The van der Waals surface area contributed by atoms with Crippen LogP contribution in [0.15, 0.2) is 18.2 Å². The summed E-state index contributed by atoms with van der Waals surface area (Å²) >= 11 is 0. The number of hydrogen-bond donors (Lipinski definition) is 1. The number of nitriles is 1. The molecule has 1 aromatic carbocycles. The fourth-order valence-corrected chi connectivity index (χ4v) is 2.24. The molecule has 19 heavy (non-hydrogen) atoms. The quantitative estimate of drug-likeness (QED) is 0.853. The second-order valence-corrected chi connectivity index (χ2v) is 5.49. The maximum Gasteiger partial charge on any atom is 0.104 e. The van der Waals surface area contributed by atoms with Gasteiger partial charge in [0.2, 0.25) is 0 Å². The van der Waals surface area contributed by atoms with E-state index in [1.807, 2.05) is 6.92 Å². The molecular formula is C16H25N3. The van der Waals surface area contributed by atoms with Crippen molar-refractivity contribution in [3.8, 4) is 6.07 Å². The molecule has 1 atom stereocenters. The Bertz CT molecular complexity index is 441. The smallest absolute Gasteiger partial charge is 0.104 e. The summed E-state index contributed by atoms with van der Waals surface area (Å²) < 4.78 is 0. The van der Waals surface area contributed by atoms with E-state index in [4.69, 9.17) is 11.0 Å². The van der Waals surface area contributed by atoms with E-state index < -0.39 is 5.54 Å². The van der Waals surface area contributed by atoms with E-state index in [1.165, 1.54) is 16.8 Å². The highest BCUT2D eigenvalue weighted by Gasteiger charge is 2.21. The molecule has 0 saturated heterocycles. The Morgan fingerprint density at radius 2 is 1.84 bits per heavy atom. The van der Waals surface area contributed by atoms with Gasteiger partial charge in [-0.2, -0.15) is 5.26 Å². The summed E-state index contributed by atoms with van der Waals surface area (Å²) in [5.41, 5.74) is 9.11. The molecule has 0 aromatic heterocycles. The van der Waals surface area contributed by atoms with Gasteiger partial charge in [0, 0.05) is 19.3 Å². The summed E-state index contributed by atoms with van der Waals surface area (Å²) in [6.45, 7) is 7.12. The van der Waals surface area contributed by atoms with Crippen LogP contribution in [-0.4, -0.2) is 19.1 Å². The van der Waals surface area contributed by atoms with Crippen molar-refractivity contribution in [3.05, 3.63) is 29.3 Å². The Morgan fingerprint density at radius 3 is 2.32 bits per heavy atom. The molecule has 0 aliphatic rings. The third kappa shape index (κ3) is 4.57. The number of anilines is 1. The molecule has 3 heteroatoms. The highest BCUT2D eigenvalue weighted by atomic mass is 15.1. The van der Waals surface area contributed by atoms with Gasteiger partial charge in [0.25, 0.3) is 0 Å². The molecule has 3 nitrogen and oxygen atoms in total. The van der Waals surface area contributed by atoms with Crippen molar-refractivity contribution in [1.29, 1.82) is 5.26 Å². The topological polar surface area (TPSA) is 53.1 Å². The normalized spacial score (nSPS) is 13.7. The molecule has 0 heterocycles. The van der Waals surface area contributed by atoms with Crippen LogP contribution in [0.2, 0.25) is 0 Å². The minimum absolute atomic E-state index is 0.663. The lowest BCUT2D eigenvalue weighted by Crippen LogP contribution is -2.38. The van der Waals surface area contributed by atoms with Crippen LogP contribution in [0, 0.1) is 25.2 Å². The maximum absolute atomic E-state index is 9.05. The average molecular weight is 259 g/mol. The third-order valence-electron chi connectivity index (χ3n) is 3.62. The van der Waals surface area contributed by atoms with Crippen molar-refractivity contribution in [3.63, 3.8) is 0 Å². The summed E-state index contributed by atoms with van der Waals surface area (Å²) in [6, 6.07) is 8.77. The first-order chi connectivity index (χ1) is 8.90. The van der Waals surface area contributed by atoms with Gasteiger partial charge in [-0.05, 0) is 56.4 Å². The fraction of sp³-hybridized carbons (Fsp3) is 0.562. The zero-order chi connectivity index (χ0) is 14.5. The van der Waals surface area contributed by atoms with Crippen molar-refractivity contribution in [2.45, 2.75) is 45.6 Å². The van der Waals surface area contributed by atoms with Gasteiger partial charge < -0.3 is 10.6 Å². The van der Waals surface area contributed by atoms with Gasteiger partial charge in [0.05, 0.1) is 6.07 Å². The Kier molecular flexibility index (Phi) is 5.38. The Labute approximate surface area is 117 Å². The lowest BCUT2D eigenvalue weighted by Gasteiger charge is -2.24. The van der Waals surface area contributed by atoms with Crippen LogP contribution in [0.5, 0.6) is 0 Å². The van der Waals surface area contributed by atoms with Crippen molar-refractivity contribution < 1.29 is 0 Å². The first-order valence-electron chi connectivity index (χ1n) is 6.90. The fourth-order valence-electron chi connectivity index (χ4n) is 2.24. The lowest BCUT2D eigenvalue weighted by atomic mass is 9.93. The van der Waals surface area contributed by atoms with Crippen molar-refractivity contribution >= 4 is 5.69 Å². The molecule has 0 fully saturated rings. The molecule has 1 aromatic rings. The molecule has 0 spiro atoms. The number of hydrogen-bond acceptors (Lipinski definition) is 3. The molecule has 0 amide bonds. The second-order valence-electron chi connectivity index (χ2n) is 5.49. The van der Waals surface area contributed by atoms with Gasteiger partial charge in [-0.3, -0.25) is 0 Å². The minimum Gasteiger partial charge on any atom is -0.375 e. The number of nitrogens with zero attached hydrogens (tertiary/aromatic N) is 2. The zero-order valence-electron chi connectivity index (χ0n) is 12.5. The van der Waals surface area contributed by atoms with Crippen molar-refractivity contribution in [2.75, 3.05) is 18.5 Å². The maximum atomic E-state index is 9.05. The van der Waals surface area contributed by atoms with Crippen LogP contribution in [-0.2, 0) is 0 Å². The van der Waals surface area contributed by atoms with E-state index in [0.29, 0.717) is 6.42 Å². The van der Waals surface area contributed by atoms with E-state index in [0.717, 1.165) is 19.4 Å². The van der Waals surface area contributed by atoms with Gasteiger partial charge in [-0.15, -0.1) is 0 Å². The summed E-state index contributed by atoms with van der Waals surface area (Å²) in [7, 11) is 2.09. The van der Waals surface area contributed by atoms with E-state index >= 15 is 0 Å². The molecule has 1 unspecified atom stereocenters. The lowest BCUT2D eigenvalue weighted by molar-refractivity contribution is 0.467. The number of benzene rings is 1. The van der Waals surface area contributed by atoms with Crippen molar-refractivity contribution in [1.82, 2.24) is 0 Å². The van der Waals surface area contributed by atoms with E-state index in [-0.39, 0.29) is 0 Å². The van der Waals surface area contributed by atoms with E-state index in [2.05, 4.69) is 50.1 Å². The van der Waals surface area contributed by atoms with Gasteiger partial charge in [-0.25, -0.2) is 0 Å². The van der Waals surface area contributed by atoms with Crippen LogP contribution >= 0.6 is 0 Å². The summed E-state index contributed by atoms with van der Waals surface area (Å²) in [5.74, 6) is 0. The summed E-state index contributed by atoms with van der Waals surface area (Å²) in [5, 5.41) is 9.05. The largest absolute Gasteiger partial charge is 0.375 e. The molecule has 2 N–H and O–H groups in total. The highest BCUT2D eigenvalue weighted by Crippen LogP contribution is 2.19. The summed E-state index contributed by atoms with van der Waals surface area (Å²) in [6.07, 6.45) is 2.38. The van der Waals surface area contributed by atoms with Crippen LogP contribution in [0.3, 0.4) is 0 Å². The zero-order valence-corrected chi connectivity index (χ0v) is 12.5. The van der Waals surface area contributed by atoms with Crippen LogP contribution in [0.4, 0.5) is 5.69 Å². The highest BCUT2D eigenvalue weighted by molar-refractivity contribution is 5.50. The molecule has 0 saturated carbocycles.